The predicted octanol–water partition coefficient (Wildman–Crippen LogP) is 2.24. The molecule has 4 nitrogen and oxygen atoms in total. The number of carbonyl (C=O) groups excluding carboxylic acids is 2. The summed E-state index contributed by atoms with van der Waals surface area (Å²) in [6.45, 7) is 12.7. The molecule has 0 aliphatic rings. The van der Waals surface area contributed by atoms with Gasteiger partial charge in [-0.05, 0) is 41.5 Å². The molecule has 0 radical (unpaired) electrons. The van der Waals surface area contributed by atoms with Gasteiger partial charge in [0.05, 0.1) is 0 Å². The molecule has 0 N–H and O–H groups in total. The normalized spacial score (nSPS) is 13.3. The summed E-state index contributed by atoms with van der Waals surface area (Å²) in [4.78, 5) is 16.2. The zero-order chi connectivity index (χ0) is 13.9. The molecule has 0 bridgehead atoms. The highest BCUT2D eigenvalue weighted by atomic mass is 16.7. The second kappa shape index (κ2) is 10.0. The molecule has 0 heterocycles. The molecule has 0 aromatic rings. The Kier molecular flexibility index (Phi) is 10.8. The van der Waals surface area contributed by atoms with E-state index in [1.807, 2.05) is 20.8 Å². The molecule has 0 saturated heterocycles. The van der Waals surface area contributed by atoms with Crippen LogP contribution in [0.2, 0.25) is 0 Å². The predicted molar refractivity (Wildman–Crippen MR) is 63.9 cm³/mol. The second-order valence-electron chi connectivity index (χ2n) is 4.40. The Morgan fingerprint density at radius 3 is 2.00 bits per heavy atom. The molecular formula is C13H22O4. The van der Waals surface area contributed by atoms with E-state index in [9.17, 15) is 0 Å². The van der Waals surface area contributed by atoms with Gasteiger partial charge in [0.25, 0.3) is 0 Å². The molecule has 0 aliphatic carbocycles. The van der Waals surface area contributed by atoms with E-state index in [2.05, 4.69) is 32.6 Å². The summed E-state index contributed by atoms with van der Waals surface area (Å²) in [6.07, 6.45) is 0.0000402. The van der Waals surface area contributed by atoms with Crippen LogP contribution in [-0.2, 0) is 19.1 Å². The van der Waals surface area contributed by atoms with E-state index in [0.717, 1.165) is 0 Å². The lowest BCUT2D eigenvalue weighted by molar-refractivity contribution is -0.191. The minimum Gasteiger partial charge on any atom is -0.353 e. The van der Waals surface area contributed by atoms with E-state index in [4.69, 9.17) is 19.1 Å². The molecule has 0 aromatic carbocycles. The van der Waals surface area contributed by atoms with Crippen LogP contribution in [-0.4, -0.2) is 25.2 Å². The van der Waals surface area contributed by atoms with E-state index < -0.39 is 0 Å². The van der Waals surface area contributed by atoms with Crippen LogP contribution in [0.15, 0.2) is 0 Å². The molecule has 0 fully saturated rings. The van der Waals surface area contributed by atoms with E-state index in [1.54, 1.807) is 0 Å². The monoisotopic (exact) mass is 242 g/mol. The van der Waals surface area contributed by atoms with Gasteiger partial charge in [-0.15, -0.1) is 0 Å². The second-order valence-corrected chi connectivity index (χ2v) is 4.40. The third-order valence-electron chi connectivity index (χ3n) is 1.45. The van der Waals surface area contributed by atoms with Crippen LogP contribution in [0, 0.1) is 17.3 Å². The van der Waals surface area contributed by atoms with Gasteiger partial charge >= 0.3 is 6.15 Å². The number of rotatable bonds is 4. The number of hydrogen-bond acceptors (Lipinski definition) is 4. The Balaban J connectivity index is 0. The standard InChI is InChI=1S/C12H22O2.CO2/c1-7-13-11(3)14-10(2)8-9-12(4,5)6;2-1-3/h10-11H,7H2,1-6H3;. The van der Waals surface area contributed by atoms with E-state index >= 15 is 0 Å². The summed E-state index contributed by atoms with van der Waals surface area (Å²) in [5.74, 6) is 6.20. The van der Waals surface area contributed by atoms with Crippen molar-refractivity contribution in [1.82, 2.24) is 0 Å². The number of ether oxygens (including phenoxy) is 2. The maximum atomic E-state index is 8.12. The van der Waals surface area contributed by atoms with Crippen molar-refractivity contribution in [3.8, 4) is 11.8 Å². The Labute approximate surface area is 104 Å². The van der Waals surface area contributed by atoms with Crippen LogP contribution in [0.1, 0.15) is 41.5 Å². The van der Waals surface area contributed by atoms with E-state index in [0.29, 0.717) is 6.61 Å². The van der Waals surface area contributed by atoms with Crippen LogP contribution in [0.4, 0.5) is 0 Å². The van der Waals surface area contributed by atoms with Crippen molar-refractivity contribution >= 4 is 6.15 Å². The van der Waals surface area contributed by atoms with Crippen molar-refractivity contribution in [3.05, 3.63) is 0 Å². The highest BCUT2D eigenvalue weighted by Crippen LogP contribution is 2.10. The highest BCUT2D eigenvalue weighted by Gasteiger charge is 2.07. The average Bonchev–Trinajstić information content (AvgIpc) is 2.15. The quantitative estimate of drug-likeness (QED) is 0.560. The minimum atomic E-state index is -0.177. The minimum absolute atomic E-state index is 0.0342. The first-order valence-electron chi connectivity index (χ1n) is 5.55. The van der Waals surface area contributed by atoms with Crippen LogP contribution >= 0.6 is 0 Å². The molecule has 4 heteroatoms. The maximum absolute atomic E-state index is 8.12. The largest absolute Gasteiger partial charge is 0.373 e. The van der Waals surface area contributed by atoms with Crippen molar-refractivity contribution in [1.29, 1.82) is 0 Å². The first kappa shape index (κ1) is 18.2. The van der Waals surface area contributed by atoms with Crippen LogP contribution in [0.25, 0.3) is 0 Å². The smallest absolute Gasteiger partial charge is 0.353 e. The van der Waals surface area contributed by atoms with Crippen molar-refractivity contribution in [2.45, 2.75) is 53.9 Å². The molecule has 0 saturated carbocycles. The summed E-state index contributed by atoms with van der Waals surface area (Å²) in [7, 11) is 0. The first-order valence-corrected chi connectivity index (χ1v) is 5.55. The van der Waals surface area contributed by atoms with Gasteiger partial charge in [-0.3, -0.25) is 0 Å². The van der Waals surface area contributed by atoms with Gasteiger partial charge in [0.15, 0.2) is 6.29 Å². The van der Waals surface area contributed by atoms with Crippen LogP contribution in [0.5, 0.6) is 0 Å². The summed E-state index contributed by atoms with van der Waals surface area (Å²) in [5, 5.41) is 0. The van der Waals surface area contributed by atoms with Gasteiger partial charge in [0.2, 0.25) is 0 Å². The average molecular weight is 242 g/mol. The summed E-state index contributed by atoms with van der Waals surface area (Å²) >= 11 is 0. The summed E-state index contributed by atoms with van der Waals surface area (Å²) < 4.78 is 10.7. The van der Waals surface area contributed by atoms with Crippen LogP contribution < -0.4 is 0 Å². The Morgan fingerprint density at radius 1 is 1.18 bits per heavy atom. The van der Waals surface area contributed by atoms with Gasteiger partial charge in [-0.25, -0.2) is 0 Å². The Morgan fingerprint density at radius 2 is 1.65 bits per heavy atom. The lowest BCUT2D eigenvalue weighted by atomic mass is 9.98. The van der Waals surface area contributed by atoms with Gasteiger partial charge < -0.3 is 9.47 Å². The molecule has 0 rings (SSSR count). The first-order chi connectivity index (χ1) is 7.76. The zero-order valence-corrected chi connectivity index (χ0v) is 11.5. The highest BCUT2D eigenvalue weighted by molar-refractivity contribution is 5.20. The van der Waals surface area contributed by atoms with Crippen molar-refractivity contribution < 1.29 is 19.1 Å². The van der Waals surface area contributed by atoms with Crippen molar-refractivity contribution in [2.75, 3.05) is 6.61 Å². The van der Waals surface area contributed by atoms with Gasteiger partial charge in [0.1, 0.15) is 6.10 Å². The van der Waals surface area contributed by atoms with Crippen LogP contribution in [0.3, 0.4) is 0 Å². The van der Waals surface area contributed by atoms with E-state index in [1.165, 1.54) is 0 Å². The SMILES string of the molecule is CCOC(C)OC(C)C#CC(C)(C)C.O=C=O. The third kappa shape index (κ3) is 17.5. The molecule has 0 aromatic heterocycles. The number of hydrogen-bond donors (Lipinski definition) is 0. The lowest BCUT2D eigenvalue weighted by Gasteiger charge is -2.15. The summed E-state index contributed by atoms with van der Waals surface area (Å²) in [5.41, 5.74) is 0.0342. The summed E-state index contributed by atoms with van der Waals surface area (Å²) in [6, 6.07) is 0. The fourth-order valence-corrected chi connectivity index (χ4v) is 0.914. The molecule has 2 unspecified atom stereocenters. The zero-order valence-electron chi connectivity index (χ0n) is 11.5. The van der Waals surface area contributed by atoms with E-state index in [-0.39, 0.29) is 24.0 Å². The molecule has 0 spiro atoms. The Hall–Kier alpha value is -1.14. The fraction of sp³-hybridized carbons (Fsp3) is 0.769. The van der Waals surface area contributed by atoms with Gasteiger partial charge in [-0.1, -0.05) is 11.8 Å². The maximum Gasteiger partial charge on any atom is 0.373 e. The molecule has 2 atom stereocenters. The fourth-order valence-electron chi connectivity index (χ4n) is 0.914. The Bertz CT molecular complexity index is 274. The van der Waals surface area contributed by atoms with Gasteiger partial charge in [0, 0.05) is 12.0 Å². The van der Waals surface area contributed by atoms with Crippen molar-refractivity contribution in [2.24, 2.45) is 5.41 Å². The molecule has 0 aliphatic heterocycles. The lowest BCUT2D eigenvalue weighted by Crippen LogP contribution is -2.19. The molecular weight excluding hydrogens is 220 g/mol. The van der Waals surface area contributed by atoms with Crippen molar-refractivity contribution in [3.63, 3.8) is 0 Å². The third-order valence-corrected chi connectivity index (χ3v) is 1.45. The van der Waals surface area contributed by atoms with Gasteiger partial charge in [-0.2, -0.15) is 9.59 Å². The molecule has 0 amide bonds. The molecule has 17 heavy (non-hydrogen) atoms. The molecule has 98 valence electrons. The topological polar surface area (TPSA) is 52.6 Å².